The minimum Gasteiger partial charge on any atom is -0.370 e. The Bertz CT molecular complexity index is 429. The van der Waals surface area contributed by atoms with Crippen molar-refractivity contribution in [1.29, 1.82) is 0 Å². The van der Waals surface area contributed by atoms with Gasteiger partial charge in [-0.05, 0) is 6.07 Å². The molecule has 1 saturated heterocycles. The van der Waals surface area contributed by atoms with Crippen molar-refractivity contribution in [2.45, 2.75) is 12.5 Å². The number of carbonyl (C=O) groups excluding carboxylic acids is 1. The number of nitrogens with two attached hydrogens (primary N) is 1. The van der Waals surface area contributed by atoms with Gasteiger partial charge >= 0.3 is 0 Å². The van der Waals surface area contributed by atoms with Gasteiger partial charge in [-0.2, -0.15) is 0 Å². The zero-order chi connectivity index (χ0) is 13.0. The standard InChI is InChI=1S/C13H17ClN2O2.ClH/c14-11-4-2-1-3-10(11)12-9-16(7-8-18-12)13(17)5-6-15;/h1-4,12H,5-9,15H2;1H. The lowest BCUT2D eigenvalue weighted by Gasteiger charge is -2.33. The van der Waals surface area contributed by atoms with Gasteiger partial charge < -0.3 is 15.4 Å². The summed E-state index contributed by atoms with van der Waals surface area (Å²) in [6.45, 7) is 2.08. The van der Waals surface area contributed by atoms with E-state index in [9.17, 15) is 4.79 Å². The Kier molecular flexibility index (Phi) is 6.58. The average molecular weight is 305 g/mol. The lowest BCUT2D eigenvalue weighted by Crippen LogP contribution is -2.42. The van der Waals surface area contributed by atoms with Gasteiger partial charge in [-0.15, -0.1) is 12.4 Å². The second-order valence-corrected chi connectivity index (χ2v) is 4.67. The molecule has 0 radical (unpaired) electrons. The number of hydrogen-bond donors (Lipinski definition) is 1. The van der Waals surface area contributed by atoms with Crippen LogP contribution in [0.5, 0.6) is 0 Å². The molecule has 1 heterocycles. The molecule has 2 N–H and O–H groups in total. The van der Waals surface area contributed by atoms with Gasteiger partial charge in [-0.25, -0.2) is 0 Å². The van der Waals surface area contributed by atoms with Crippen LogP contribution in [0.25, 0.3) is 0 Å². The van der Waals surface area contributed by atoms with Crippen molar-refractivity contribution < 1.29 is 9.53 Å². The van der Waals surface area contributed by atoms with Crippen LogP contribution in [-0.2, 0) is 9.53 Å². The molecule has 4 nitrogen and oxygen atoms in total. The van der Waals surface area contributed by atoms with E-state index in [-0.39, 0.29) is 24.4 Å². The summed E-state index contributed by atoms with van der Waals surface area (Å²) in [6.07, 6.45) is 0.240. The molecule has 0 saturated carbocycles. The SMILES string of the molecule is Cl.NCCC(=O)N1CCOC(c2ccccc2Cl)C1. The fourth-order valence-electron chi connectivity index (χ4n) is 2.08. The van der Waals surface area contributed by atoms with Gasteiger partial charge in [0.2, 0.25) is 5.91 Å². The summed E-state index contributed by atoms with van der Waals surface area (Å²) in [7, 11) is 0. The van der Waals surface area contributed by atoms with Crippen molar-refractivity contribution in [3.05, 3.63) is 34.9 Å². The van der Waals surface area contributed by atoms with Gasteiger partial charge in [0.15, 0.2) is 0 Å². The molecular weight excluding hydrogens is 287 g/mol. The van der Waals surface area contributed by atoms with Crippen LogP contribution < -0.4 is 5.73 Å². The largest absolute Gasteiger partial charge is 0.370 e. The molecule has 6 heteroatoms. The van der Waals surface area contributed by atoms with Crippen LogP contribution in [0.4, 0.5) is 0 Å². The molecule has 2 rings (SSSR count). The fourth-order valence-corrected chi connectivity index (χ4v) is 2.34. The number of benzene rings is 1. The number of hydrogen-bond acceptors (Lipinski definition) is 3. The molecule has 1 unspecified atom stereocenters. The second kappa shape index (κ2) is 7.70. The van der Waals surface area contributed by atoms with Crippen molar-refractivity contribution in [1.82, 2.24) is 4.90 Å². The first-order valence-corrected chi connectivity index (χ1v) is 6.44. The number of amides is 1. The van der Waals surface area contributed by atoms with Crippen molar-refractivity contribution in [2.24, 2.45) is 5.73 Å². The Morgan fingerprint density at radius 3 is 2.89 bits per heavy atom. The summed E-state index contributed by atoms with van der Waals surface area (Å²) >= 11 is 6.14. The smallest absolute Gasteiger partial charge is 0.224 e. The molecule has 1 amide bonds. The minimum atomic E-state index is -0.144. The maximum absolute atomic E-state index is 11.8. The molecule has 19 heavy (non-hydrogen) atoms. The van der Waals surface area contributed by atoms with Crippen LogP contribution in [0.2, 0.25) is 5.02 Å². The Morgan fingerprint density at radius 2 is 2.21 bits per heavy atom. The van der Waals surface area contributed by atoms with Gasteiger partial charge in [-0.1, -0.05) is 29.8 Å². The van der Waals surface area contributed by atoms with Crippen LogP contribution in [0.1, 0.15) is 18.1 Å². The first kappa shape index (κ1) is 16.2. The molecule has 1 aliphatic heterocycles. The van der Waals surface area contributed by atoms with Crippen LogP contribution in [0.3, 0.4) is 0 Å². The van der Waals surface area contributed by atoms with E-state index < -0.39 is 0 Å². The molecule has 0 aliphatic carbocycles. The maximum Gasteiger partial charge on any atom is 0.224 e. The van der Waals surface area contributed by atoms with Crippen molar-refractivity contribution in [3.63, 3.8) is 0 Å². The highest BCUT2D eigenvalue weighted by molar-refractivity contribution is 6.31. The van der Waals surface area contributed by atoms with E-state index in [0.29, 0.717) is 37.7 Å². The molecule has 1 aromatic carbocycles. The Balaban J connectivity index is 0.00000180. The van der Waals surface area contributed by atoms with Gasteiger partial charge in [0.1, 0.15) is 6.10 Å². The van der Waals surface area contributed by atoms with Crippen molar-refractivity contribution in [2.75, 3.05) is 26.2 Å². The highest BCUT2D eigenvalue weighted by Crippen LogP contribution is 2.28. The number of halogens is 2. The molecule has 0 aromatic heterocycles. The molecule has 1 aromatic rings. The quantitative estimate of drug-likeness (QED) is 0.929. The first-order chi connectivity index (χ1) is 8.72. The fraction of sp³-hybridized carbons (Fsp3) is 0.462. The predicted octanol–water partition coefficient (Wildman–Crippen LogP) is 2.01. The van der Waals surface area contributed by atoms with Crippen LogP contribution in [0.15, 0.2) is 24.3 Å². The second-order valence-electron chi connectivity index (χ2n) is 4.26. The van der Waals surface area contributed by atoms with E-state index in [4.69, 9.17) is 22.1 Å². The minimum absolute atomic E-state index is 0. The summed E-state index contributed by atoms with van der Waals surface area (Å²) in [6, 6.07) is 7.57. The summed E-state index contributed by atoms with van der Waals surface area (Å²) in [5.41, 5.74) is 6.34. The zero-order valence-electron chi connectivity index (χ0n) is 10.5. The topological polar surface area (TPSA) is 55.6 Å². The average Bonchev–Trinajstić information content (AvgIpc) is 2.40. The summed E-state index contributed by atoms with van der Waals surface area (Å²) in [5.74, 6) is 0.0813. The zero-order valence-corrected chi connectivity index (χ0v) is 12.1. The number of morpholine rings is 1. The third kappa shape index (κ3) is 4.08. The number of ether oxygens (including phenoxy) is 1. The van der Waals surface area contributed by atoms with Gasteiger partial charge in [0.25, 0.3) is 0 Å². The molecule has 0 bridgehead atoms. The lowest BCUT2D eigenvalue weighted by atomic mass is 10.1. The third-order valence-electron chi connectivity index (χ3n) is 3.03. The van der Waals surface area contributed by atoms with E-state index in [2.05, 4.69) is 0 Å². The lowest BCUT2D eigenvalue weighted by molar-refractivity contribution is -0.138. The Hall–Kier alpha value is -0.810. The summed E-state index contributed by atoms with van der Waals surface area (Å²) in [5, 5.41) is 0.677. The van der Waals surface area contributed by atoms with Gasteiger partial charge in [0.05, 0.1) is 13.2 Å². The van der Waals surface area contributed by atoms with Crippen LogP contribution in [0, 0.1) is 0 Å². The number of rotatable bonds is 3. The number of carbonyl (C=O) groups is 1. The third-order valence-corrected chi connectivity index (χ3v) is 3.37. The molecule has 1 fully saturated rings. The highest BCUT2D eigenvalue weighted by Gasteiger charge is 2.25. The monoisotopic (exact) mass is 304 g/mol. The Morgan fingerprint density at radius 1 is 1.47 bits per heavy atom. The summed E-state index contributed by atoms with van der Waals surface area (Å²) in [4.78, 5) is 13.6. The van der Waals surface area contributed by atoms with Crippen LogP contribution >= 0.6 is 24.0 Å². The van der Waals surface area contributed by atoms with E-state index in [1.54, 1.807) is 4.90 Å². The predicted molar refractivity (Wildman–Crippen MR) is 77.6 cm³/mol. The van der Waals surface area contributed by atoms with Gasteiger partial charge in [0, 0.05) is 30.1 Å². The molecule has 106 valence electrons. The Labute approximate surface area is 124 Å². The molecular formula is C13H18Cl2N2O2. The molecule has 0 spiro atoms. The molecule has 1 aliphatic rings. The molecule has 1 atom stereocenters. The van der Waals surface area contributed by atoms with E-state index >= 15 is 0 Å². The van der Waals surface area contributed by atoms with Crippen LogP contribution in [-0.4, -0.2) is 37.0 Å². The van der Waals surface area contributed by atoms with E-state index in [0.717, 1.165) is 5.56 Å². The van der Waals surface area contributed by atoms with E-state index in [1.807, 2.05) is 24.3 Å². The highest BCUT2D eigenvalue weighted by atomic mass is 35.5. The van der Waals surface area contributed by atoms with E-state index in [1.165, 1.54) is 0 Å². The van der Waals surface area contributed by atoms with Crippen molar-refractivity contribution >= 4 is 29.9 Å². The normalized spacial score (nSPS) is 18.8. The maximum atomic E-state index is 11.8. The number of nitrogens with zero attached hydrogens (tertiary/aromatic N) is 1. The van der Waals surface area contributed by atoms with Gasteiger partial charge in [-0.3, -0.25) is 4.79 Å². The summed E-state index contributed by atoms with van der Waals surface area (Å²) < 4.78 is 5.69. The first-order valence-electron chi connectivity index (χ1n) is 6.06. The van der Waals surface area contributed by atoms with Crippen molar-refractivity contribution in [3.8, 4) is 0 Å².